The number of carbonyl (C=O) groups is 1. The van der Waals surface area contributed by atoms with Crippen LogP contribution in [0.25, 0.3) is 16.8 Å². The number of hydrogen-bond donors (Lipinski definition) is 1. The van der Waals surface area contributed by atoms with E-state index in [1.54, 1.807) is 17.1 Å². The average Bonchev–Trinajstić information content (AvgIpc) is 3.15. The Balaban J connectivity index is 1.85. The van der Waals surface area contributed by atoms with Crippen LogP contribution in [0.3, 0.4) is 0 Å². The minimum absolute atomic E-state index is 0.121. The van der Waals surface area contributed by atoms with E-state index in [-0.39, 0.29) is 12.6 Å². The van der Waals surface area contributed by atoms with E-state index in [0.29, 0.717) is 5.56 Å². The molecule has 0 saturated carbocycles. The van der Waals surface area contributed by atoms with Crippen molar-refractivity contribution in [2.75, 3.05) is 0 Å². The Kier molecular flexibility index (Phi) is 3.61. The lowest BCUT2D eigenvalue weighted by atomic mass is 10.1. The van der Waals surface area contributed by atoms with Crippen LogP contribution in [0.4, 0.5) is 0 Å². The van der Waals surface area contributed by atoms with Crippen LogP contribution in [0, 0.1) is 0 Å². The summed E-state index contributed by atoms with van der Waals surface area (Å²) in [5.74, 6) is -0.193. The summed E-state index contributed by atoms with van der Waals surface area (Å²) in [5, 5.41) is 6.70. The number of hydrogen-bond acceptors (Lipinski definition) is 4. The highest BCUT2D eigenvalue weighted by Gasteiger charge is 2.09. The lowest BCUT2D eigenvalue weighted by Gasteiger charge is -2.02. The summed E-state index contributed by atoms with van der Waals surface area (Å²) in [6, 6.07) is 9.22. The van der Waals surface area contributed by atoms with E-state index >= 15 is 0 Å². The third-order valence-corrected chi connectivity index (χ3v) is 3.12. The highest BCUT2D eigenvalue weighted by atomic mass is 16.5. The van der Waals surface area contributed by atoms with Crippen molar-refractivity contribution in [3.8, 4) is 16.8 Å². The van der Waals surface area contributed by atoms with Crippen LogP contribution in [0.2, 0.25) is 0 Å². The molecular weight excluding hydrogens is 284 g/mol. The topological polar surface area (TPSA) is 82.1 Å². The molecule has 0 aliphatic carbocycles. The minimum atomic E-state index is -0.447. The van der Waals surface area contributed by atoms with Gasteiger partial charge in [-0.05, 0) is 23.8 Å². The second-order valence-electron chi connectivity index (χ2n) is 4.73. The molecule has 0 fully saturated rings. The first kappa shape index (κ1) is 13.9. The van der Waals surface area contributed by atoms with Gasteiger partial charge in [0, 0.05) is 19.3 Å². The van der Waals surface area contributed by atoms with E-state index in [0.717, 1.165) is 11.3 Å². The van der Waals surface area contributed by atoms with Crippen LogP contribution in [0.5, 0.6) is 0 Å². The summed E-state index contributed by atoms with van der Waals surface area (Å²) < 4.78 is 8.07. The van der Waals surface area contributed by atoms with Gasteiger partial charge in [0.15, 0.2) is 0 Å². The zero-order valence-electron chi connectivity index (χ0n) is 11.9. The van der Waals surface area contributed by atoms with Crippen molar-refractivity contribution in [3.63, 3.8) is 0 Å². The highest BCUT2D eigenvalue weighted by Crippen LogP contribution is 2.18. The molecule has 0 radical (unpaired) electrons. The number of rotatable bonds is 4. The van der Waals surface area contributed by atoms with Crippen LogP contribution < -0.4 is 10.9 Å². The van der Waals surface area contributed by atoms with E-state index in [4.69, 9.17) is 4.52 Å². The number of carbonyl (C=O) groups excluding carboxylic acids is 1. The maximum atomic E-state index is 11.9. The smallest absolute Gasteiger partial charge is 0.336 e. The van der Waals surface area contributed by atoms with Gasteiger partial charge < -0.3 is 9.84 Å². The third kappa shape index (κ3) is 2.83. The Hall–Kier alpha value is -3.09. The number of benzene rings is 1. The zero-order valence-corrected chi connectivity index (χ0v) is 11.9. The highest BCUT2D eigenvalue weighted by molar-refractivity contribution is 5.72. The van der Waals surface area contributed by atoms with Crippen molar-refractivity contribution in [2.45, 2.75) is 13.6 Å². The SMILES string of the molecule is CC(=O)NCn1cc(-c2ccc(-n3cccn3)cc2)c(=O)o1. The fraction of sp³-hybridized carbons (Fsp3) is 0.133. The molecule has 1 amide bonds. The van der Waals surface area contributed by atoms with Gasteiger partial charge in [-0.2, -0.15) is 9.84 Å². The molecule has 0 bridgehead atoms. The van der Waals surface area contributed by atoms with Crippen molar-refractivity contribution < 1.29 is 9.32 Å². The molecule has 0 spiro atoms. The van der Waals surface area contributed by atoms with Crippen molar-refractivity contribution in [1.29, 1.82) is 0 Å². The van der Waals surface area contributed by atoms with E-state index < -0.39 is 5.63 Å². The van der Waals surface area contributed by atoms with Crippen LogP contribution in [-0.4, -0.2) is 20.4 Å². The van der Waals surface area contributed by atoms with Crippen LogP contribution in [-0.2, 0) is 11.5 Å². The molecule has 2 aromatic heterocycles. The molecule has 112 valence electrons. The lowest BCUT2D eigenvalue weighted by Crippen LogP contribution is -2.22. The second-order valence-corrected chi connectivity index (χ2v) is 4.73. The fourth-order valence-electron chi connectivity index (χ4n) is 2.05. The zero-order chi connectivity index (χ0) is 15.5. The fourth-order valence-corrected chi connectivity index (χ4v) is 2.05. The molecule has 1 aromatic carbocycles. The summed E-state index contributed by atoms with van der Waals surface area (Å²) in [6.45, 7) is 1.52. The van der Waals surface area contributed by atoms with Crippen molar-refractivity contribution in [3.05, 3.63) is 59.3 Å². The quantitative estimate of drug-likeness (QED) is 0.789. The summed E-state index contributed by atoms with van der Waals surface area (Å²) in [4.78, 5) is 22.8. The normalized spacial score (nSPS) is 10.6. The van der Waals surface area contributed by atoms with Gasteiger partial charge in [0.1, 0.15) is 6.67 Å². The number of nitrogens with zero attached hydrogens (tertiary/aromatic N) is 3. The van der Waals surface area contributed by atoms with Crippen LogP contribution in [0.1, 0.15) is 6.92 Å². The van der Waals surface area contributed by atoms with Gasteiger partial charge in [-0.1, -0.05) is 12.1 Å². The summed E-state index contributed by atoms with van der Waals surface area (Å²) in [6.07, 6.45) is 5.11. The first-order valence-corrected chi connectivity index (χ1v) is 6.69. The predicted molar refractivity (Wildman–Crippen MR) is 79.3 cm³/mol. The van der Waals surface area contributed by atoms with Crippen molar-refractivity contribution in [1.82, 2.24) is 19.8 Å². The van der Waals surface area contributed by atoms with Gasteiger partial charge in [-0.15, -0.1) is 0 Å². The Bertz CT molecular complexity index is 829. The first-order chi connectivity index (χ1) is 10.6. The first-order valence-electron chi connectivity index (χ1n) is 6.69. The third-order valence-electron chi connectivity index (χ3n) is 3.12. The molecule has 22 heavy (non-hydrogen) atoms. The summed E-state index contributed by atoms with van der Waals surface area (Å²) in [7, 11) is 0. The molecule has 2 heterocycles. The Morgan fingerprint density at radius 2 is 2.09 bits per heavy atom. The number of amides is 1. The maximum absolute atomic E-state index is 11.9. The lowest BCUT2D eigenvalue weighted by molar-refractivity contribution is -0.119. The molecule has 0 aliphatic heterocycles. The van der Waals surface area contributed by atoms with E-state index in [1.807, 2.05) is 36.5 Å². The van der Waals surface area contributed by atoms with E-state index in [1.165, 1.54) is 11.7 Å². The Morgan fingerprint density at radius 3 is 2.73 bits per heavy atom. The molecular formula is C15H14N4O3. The molecule has 3 rings (SSSR count). The predicted octanol–water partition coefficient (Wildman–Crippen LogP) is 1.39. The van der Waals surface area contributed by atoms with Gasteiger partial charge in [0.25, 0.3) is 0 Å². The molecule has 0 atom stereocenters. The Labute approximate surface area is 125 Å². The molecule has 1 N–H and O–H groups in total. The molecule has 0 saturated heterocycles. The van der Waals surface area contributed by atoms with Gasteiger partial charge >= 0.3 is 5.63 Å². The molecule has 0 unspecified atom stereocenters. The molecule has 3 aromatic rings. The van der Waals surface area contributed by atoms with Gasteiger partial charge in [-0.3, -0.25) is 4.79 Å². The van der Waals surface area contributed by atoms with Gasteiger partial charge in [-0.25, -0.2) is 9.48 Å². The minimum Gasteiger partial charge on any atom is -0.336 e. The van der Waals surface area contributed by atoms with Crippen molar-refractivity contribution >= 4 is 5.91 Å². The standard InChI is InChI=1S/C15H14N4O3/c1-11(20)16-10-18-9-14(15(21)22-18)12-3-5-13(6-4-12)19-8-2-7-17-19/h2-9H,10H2,1H3,(H,16,20). The van der Waals surface area contributed by atoms with Crippen molar-refractivity contribution in [2.24, 2.45) is 0 Å². The maximum Gasteiger partial charge on any atom is 0.365 e. The molecule has 7 heteroatoms. The molecule has 7 nitrogen and oxygen atoms in total. The van der Waals surface area contributed by atoms with E-state index in [9.17, 15) is 9.59 Å². The van der Waals surface area contributed by atoms with Crippen LogP contribution in [0.15, 0.2) is 58.2 Å². The second kappa shape index (κ2) is 5.72. The molecule has 0 aliphatic rings. The van der Waals surface area contributed by atoms with E-state index in [2.05, 4.69) is 10.4 Å². The number of nitrogens with one attached hydrogen (secondary N) is 1. The monoisotopic (exact) mass is 298 g/mol. The van der Waals surface area contributed by atoms with Crippen LogP contribution >= 0.6 is 0 Å². The largest absolute Gasteiger partial charge is 0.365 e. The average molecular weight is 298 g/mol. The van der Waals surface area contributed by atoms with Gasteiger partial charge in [0.2, 0.25) is 5.91 Å². The number of aromatic nitrogens is 3. The van der Waals surface area contributed by atoms with Gasteiger partial charge in [0.05, 0.1) is 17.4 Å². The summed E-state index contributed by atoms with van der Waals surface area (Å²) in [5.41, 5.74) is 1.64. The Morgan fingerprint density at radius 1 is 1.32 bits per heavy atom. The summed E-state index contributed by atoms with van der Waals surface area (Å²) >= 11 is 0.